The summed E-state index contributed by atoms with van der Waals surface area (Å²) in [5, 5.41) is 2.26. The summed E-state index contributed by atoms with van der Waals surface area (Å²) in [4.78, 5) is 2.39. The number of anilines is 3. The third kappa shape index (κ3) is 5.96. The van der Waals surface area contributed by atoms with Crippen LogP contribution in [0.15, 0.2) is 235 Å². The molecule has 0 N–H and O–H groups in total. The van der Waals surface area contributed by atoms with Crippen LogP contribution in [0.4, 0.5) is 17.1 Å². The molecular weight excluding hydrogens is 811 g/mol. The van der Waals surface area contributed by atoms with Crippen molar-refractivity contribution in [2.24, 2.45) is 0 Å². The van der Waals surface area contributed by atoms with E-state index in [0.29, 0.717) is 0 Å². The van der Waals surface area contributed by atoms with E-state index in [1.807, 2.05) is 6.07 Å². The van der Waals surface area contributed by atoms with Crippen LogP contribution in [0.3, 0.4) is 0 Å². The van der Waals surface area contributed by atoms with Gasteiger partial charge in [-0.1, -0.05) is 190 Å². The smallest absolute Gasteiger partial charge is 0.136 e. The molecule has 0 radical (unpaired) electrons. The van der Waals surface area contributed by atoms with Crippen LogP contribution in [-0.2, 0) is 10.8 Å². The Labute approximate surface area is 392 Å². The van der Waals surface area contributed by atoms with Crippen molar-refractivity contribution in [2.75, 3.05) is 4.90 Å². The van der Waals surface area contributed by atoms with Crippen molar-refractivity contribution < 1.29 is 4.42 Å². The van der Waals surface area contributed by atoms with Gasteiger partial charge in [-0.3, -0.25) is 0 Å². The molecule has 2 nitrogen and oxygen atoms in total. The van der Waals surface area contributed by atoms with E-state index < -0.39 is 0 Å². The first-order chi connectivity index (χ1) is 32.9. The average Bonchev–Trinajstić information content (AvgIpc) is 3.98. The summed E-state index contributed by atoms with van der Waals surface area (Å²) < 4.78 is 6.35. The second kappa shape index (κ2) is 14.9. The number of fused-ring (bicyclic) bond motifs is 9. The van der Waals surface area contributed by atoms with Crippen molar-refractivity contribution in [2.45, 2.75) is 31.6 Å². The zero-order valence-corrected chi connectivity index (χ0v) is 37.8. The van der Waals surface area contributed by atoms with Crippen molar-refractivity contribution in [1.29, 1.82) is 0 Å². The third-order valence-corrected chi connectivity index (χ3v) is 15.0. The molecule has 0 amide bonds. The summed E-state index contributed by atoms with van der Waals surface area (Å²) in [6, 6.07) is 84.6. The van der Waals surface area contributed by atoms with Gasteiger partial charge >= 0.3 is 0 Å². The van der Waals surface area contributed by atoms with Gasteiger partial charge in [0.05, 0.1) is 0 Å². The molecule has 2 heteroatoms. The van der Waals surface area contributed by atoms with E-state index in [4.69, 9.17) is 4.42 Å². The highest BCUT2D eigenvalue weighted by atomic mass is 16.3. The molecule has 1 heterocycles. The van der Waals surface area contributed by atoms with Gasteiger partial charge in [0.2, 0.25) is 0 Å². The zero-order chi connectivity index (χ0) is 44.9. The fraction of sp³-hybridized carbons (Fsp3) is 0.0769. The van der Waals surface area contributed by atoms with Crippen LogP contribution in [0.2, 0.25) is 0 Å². The minimum Gasteiger partial charge on any atom is -0.456 e. The molecule has 10 aromatic carbocycles. The average molecular weight is 858 g/mol. The summed E-state index contributed by atoms with van der Waals surface area (Å²) in [5.74, 6) is 0. The van der Waals surface area contributed by atoms with Crippen LogP contribution in [0, 0.1) is 0 Å². The molecular formula is C65H47NO. The van der Waals surface area contributed by atoms with Gasteiger partial charge in [-0.15, -0.1) is 0 Å². The molecule has 318 valence electrons. The largest absolute Gasteiger partial charge is 0.456 e. The molecule has 0 aliphatic heterocycles. The lowest BCUT2D eigenvalue weighted by Crippen LogP contribution is -2.22. The Bertz CT molecular complexity index is 3730. The van der Waals surface area contributed by atoms with E-state index in [9.17, 15) is 0 Å². The zero-order valence-electron chi connectivity index (χ0n) is 37.8. The van der Waals surface area contributed by atoms with E-state index in [1.54, 1.807) is 0 Å². The maximum atomic E-state index is 6.35. The minimum absolute atomic E-state index is 0.110. The second-order valence-corrected chi connectivity index (χ2v) is 19.0. The van der Waals surface area contributed by atoms with Crippen molar-refractivity contribution in [3.05, 3.63) is 258 Å². The van der Waals surface area contributed by atoms with Crippen LogP contribution < -0.4 is 4.90 Å². The molecule has 0 spiro atoms. The Morgan fingerprint density at radius 3 is 1.70 bits per heavy atom. The maximum absolute atomic E-state index is 6.35. The molecule has 67 heavy (non-hydrogen) atoms. The van der Waals surface area contributed by atoms with Gasteiger partial charge in [0.1, 0.15) is 11.2 Å². The number of nitrogens with zero attached hydrogens (tertiary/aromatic N) is 1. The van der Waals surface area contributed by atoms with E-state index >= 15 is 0 Å². The third-order valence-electron chi connectivity index (χ3n) is 15.0. The fourth-order valence-corrected chi connectivity index (χ4v) is 11.7. The highest BCUT2D eigenvalue weighted by molar-refractivity contribution is 6.12. The lowest BCUT2D eigenvalue weighted by Gasteiger charge is -2.29. The molecule has 1 unspecified atom stereocenters. The molecule has 13 rings (SSSR count). The molecule has 0 saturated carbocycles. The molecule has 0 fully saturated rings. The van der Waals surface area contributed by atoms with Gasteiger partial charge in [0.25, 0.3) is 0 Å². The quantitative estimate of drug-likeness (QED) is 0.159. The van der Waals surface area contributed by atoms with Gasteiger partial charge < -0.3 is 9.32 Å². The Balaban J connectivity index is 0.923. The Morgan fingerprint density at radius 1 is 0.343 bits per heavy atom. The molecule has 0 bridgehead atoms. The van der Waals surface area contributed by atoms with Crippen LogP contribution >= 0.6 is 0 Å². The number of benzene rings is 10. The van der Waals surface area contributed by atoms with E-state index in [0.717, 1.165) is 50.1 Å². The molecule has 0 saturated heterocycles. The highest BCUT2D eigenvalue weighted by Crippen LogP contribution is 2.54. The monoisotopic (exact) mass is 857 g/mol. The van der Waals surface area contributed by atoms with E-state index in [-0.39, 0.29) is 10.8 Å². The molecule has 11 aromatic rings. The van der Waals surface area contributed by atoms with Crippen molar-refractivity contribution in [3.63, 3.8) is 0 Å². The van der Waals surface area contributed by atoms with Gasteiger partial charge in [0.15, 0.2) is 0 Å². The standard InChI is InChI=1S/C65H47NO/c1-64(2)57-26-10-7-21-53(57)55-25-14-24-51(63(55)64)43-32-37-48(38-33-43)66(49-19-13-16-45(40-49)50-23-15-29-61-62(50)56-22-9-12-28-60(56)67-61)47-35-30-42(31-36-47)44-34-39-54-52-20-8-11-27-58(52)65(3,59(54)41-44)46-17-5-4-6-18-46/h4-41H,1-3H3. The van der Waals surface area contributed by atoms with Gasteiger partial charge in [-0.2, -0.15) is 0 Å². The lowest BCUT2D eigenvalue weighted by atomic mass is 9.74. The second-order valence-electron chi connectivity index (χ2n) is 19.0. The first kappa shape index (κ1) is 39.2. The molecule has 2 aliphatic rings. The topological polar surface area (TPSA) is 16.4 Å². The van der Waals surface area contributed by atoms with Crippen LogP contribution in [-0.4, -0.2) is 0 Å². The van der Waals surface area contributed by atoms with Crippen LogP contribution in [0.25, 0.3) is 77.6 Å². The predicted molar refractivity (Wildman–Crippen MR) is 280 cm³/mol. The SMILES string of the molecule is CC1(C)c2ccccc2-c2cccc(-c3ccc(N(c4ccc(-c5ccc6c(c5)C(C)(c5ccccc5)c5ccccc5-6)cc4)c4cccc(-c5cccc6oc7ccccc7c56)c4)cc3)c21. The molecule has 1 atom stereocenters. The number of rotatable bonds is 7. The van der Waals surface area contributed by atoms with Crippen molar-refractivity contribution >= 4 is 39.0 Å². The molecule has 1 aromatic heterocycles. The number of furan rings is 1. The summed E-state index contributed by atoms with van der Waals surface area (Å²) in [5.41, 5.74) is 23.9. The van der Waals surface area contributed by atoms with E-state index in [1.165, 1.54) is 72.3 Å². The Morgan fingerprint density at radius 2 is 0.910 bits per heavy atom. The normalized spacial score (nSPS) is 15.3. The van der Waals surface area contributed by atoms with Crippen LogP contribution in [0.1, 0.15) is 48.6 Å². The fourth-order valence-electron chi connectivity index (χ4n) is 11.7. The first-order valence-electron chi connectivity index (χ1n) is 23.4. The maximum Gasteiger partial charge on any atom is 0.136 e. The van der Waals surface area contributed by atoms with Gasteiger partial charge in [0, 0.05) is 38.7 Å². The minimum atomic E-state index is -0.260. The van der Waals surface area contributed by atoms with Crippen molar-refractivity contribution in [1.82, 2.24) is 0 Å². The summed E-state index contributed by atoms with van der Waals surface area (Å²) in [6.45, 7) is 7.12. The first-order valence-corrected chi connectivity index (χ1v) is 23.4. The number of hydrogen-bond donors (Lipinski definition) is 0. The lowest BCUT2D eigenvalue weighted by molar-refractivity contribution is 0.662. The molecule has 2 aliphatic carbocycles. The van der Waals surface area contributed by atoms with E-state index in [2.05, 4.69) is 250 Å². The highest BCUT2D eigenvalue weighted by Gasteiger charge is 2.41. The summed E-state index contributed by atoms with van der Waals surface area (Å²) in [7, 11) is 0. The van der Waals surface area contributed by atoms with Gasteiger partial charge in [-0.05, 0) is 145 Å². The van der Waals surface area contributed by atoms with Crippen molar-refractivity contribution in [3.8, 4) is 55.6 Å². The number of hydrogen-bond acceptors (Lipinski definition) is 2. The predicted octanol–water partition coefficient (Wildman–Crippen LogP) is 17.7. The van der Waals surface area contributed by atoms with Gasteiger partial charge in [-0.25, -0.2) is 0 Å². The Kier molecular flexibility index (Phi) is 8.73. The Hall–Kier alpha value is -8.20. The van der Waals surface area contributed by atoms with Crippen LogP contribution in [0.5, 0.6) is 0 Å². The summed E-state index contributed by atoms with van der Waals surface area (Å²) >= 11 is 0. The number of para-hydroxylation sites is 1. The summed E-state index contributed by atoms with van der Waals surface area (Å²) in [6.07, 6.45) is 0.